The smallest absolute Gasteiger partial charge is 0.272 e. The molecule has 1 N–H and O–H groups in total. The predicted molar refractivity (Wildman–Crippen MR) is 98.1 cm³/mol. The summed E-state index contributed by atoms with van der Waals surface area (Å²) in [6.07, 6.45) is 2.01. The van der Waals surface area contributed by atoms with Crippen LogP contribution >= 0.6 is 11.6 Å². The number of hydrogen-bond acceptors (Lipinski definition) is 4. The molecule has 0 radical (unpaired) electrons. The Kier molecular flexibility index (Phi) is 6.15. The molecule has 2 aromatic rings. The predicted octanol–water partition coefficient (Wildman–Crippen LogP) is 4.36. The minimum atomic E-state index is -0.0974. The number of hydrogen-bond donors (Lipinski definition) is 1. The highest BCUT2D eigenvalue weighted by Gasteiger charge is 2.15. The van der Waals surface area contributed by atoms with E-state index in [1.54, 1.807) is 24.9 Å². The van der Waals surface area contributed by atoms with Crippen molar-refractivity contribution in [1.29, 1.82) is 0 Å². The number of carbonyl (C=O) groups excluding carboxylic acids is 1. The van der Waals surface area contributed by atoms with Gasteiger partial charge in [0.2, 0.25) is 0 Å². The number of halogens is 1. The van der Waals surface area contributed by atoms with E-state index in [4.69, 9.17) is 11.6 Å². The second-order valence-electron chi connectivity index (χ2n) is 5.85. The van der Waals surface area contributed by atoms with E-state index in [1.807, 2.05) is 25.1 Å². The molecule has 0 bridgehead atoms. The SMILES string of the molecule is CCCCN(C)C(=O)c1cc(Nc2cc(Cl)ccc2C)nc(C)n1. The quantitative estimate of drug-likeness (QED) is 0.844. The van der Waals surface area contributed by atoms with Gasteiger partial charge in [-0.1, -0.05) is 31.0 Å². The maximum Gasteiger partial charge on any atom is 0.272 e. The molecule has 1 amide bonds. The molecular weight excluding hydrogens is 324 g/mol. The summed E-state index contributed by atoms with van der Waals surface area (Å²) < 4.78 is 0. The Hall–Kier alpha value is -2.14. The van der Waals surface area contributed by atoms with Gasteiger partial charge in [-0.3, -0.25) is 4.79 Å². The topological polar surface area (TPSA) is 58.1 Å². The van der Waals surface area contributed by atoms with Crippen LogP contribution in [0.3, 0.4) is 0 Å². The van der Waals surface area contributed by atoms with E-state index in [0.717, 1.165) is 24.1 Å². The molecule has 0 aliphatic rings. The van der Waals surface area contributed by atoms with Crippen LogP contribution in [0.4, 0.5) is 11.5 Å². The van der Waals surface area contributed by atoms with Gasteiger partial charge in [0.25, 0.3) is 5.91 Å². The summed E-state index contributed by atoms with van der Waals surface area (Å²) in [5, 5.41) is 3.87. The van der Waals surface area contributed by atoms with Crippen molar-refractivity contribution in [2.24, 2.45) is 0 Å². The van der Waals surface area contributed by atoms with Crippen LogP contribution in [0.15, 0.2) is 24.3 Å². The van der Waals surface area contributed by atoms with Crippen LogP contribution in [-0.2, 0) is 0 Å². The van der Waals surface area contributed by atoms with Crippen molar-refractivity contribution in [3.8, 4) is 0 Å². The third-order valence-corrected chi connectivity index (χ3v) is 3.95. The number of aromatic nitrogens is 2. The maximum atomic E-state index is 12.5. The van der Waals surface area contributed by atoms with E-state index in [2.05, 4.69) is 22.2 Å². The molecule has 0 aliphatic carbocycles. The number of carbonyl (C=O) groups is 1. The highest BCUT2D eigenvalue weighted by molar-refractivity contribution is 6.30. The standard InChI is InChI=1S/C18H23ClN4O/c1-5-6-9-23(4)18(24)16-11-17(21-13(3)20-16)22-15-10-14(19)8-7-12(15)2/h7-8,10-11H,5-6,9H2,1-4H3,(H,20,21,22). The molecule has 24 heavy (non-hydrogen) atoms. The Morgan fingerprint density at radius 2 is 2.00 bits per heavy atom. The Morgan fingerprint density at radius 1 is 1.25 bits per heavy atom. The van der Waals surface area contributed by atoms with Crippen molar-refractivity contribution < 1.29 is 4.79 Å². The van der Waals surface area contributed by atoms with Crippen LogP contribution in [0.5, 0.6) is 0 Å². The van der Waals surface area contributed by atoms with Crippen molar-refractivity contribution in [3.63, 3.8) is 0 Å². The summed E-state index contributed by atoms with van der Waals surface area (Å²) in [5.74, 6) is 1.03. The first-order valence-electron chi connectivity index (χ1n) is 8.05. The molecule has 0 saturated heterocycles. The minimum Gasteiger partial charge on any atom is -0.340 e. The van der Waals surface area contributed by atoms with Crippen LogP contribution in [0, 0.1) is 13.8 Å². The van der Waals surface area contributed by atoms with Gasteiger partial charge in [0.1, 0.15) is 17.3 Å². The summed E-state index contributed by atoms with van der Waals surface area (Å²) >= 11 is 6.05. The molecular formula is C18H23ClN4O. The lowest BCUT2D eigenvalue weighted by atomic mass is 10.2. The first-order chi connectivity index (χ1) is 11.4. The number of amides is 1. The van der Waals surface area contributed by atoms with Crippen LogP contribution in [-0.4, -0.2) is 34.4 Å². The molecule has 5 nitrogen and oxygen atoms in total. The first kappa shape index (κ1) is 18.2. The van der Waals surface area contributed by atoms with Crippen molar-refractivity contribution in [2.75, 3.05) is 18.9 Å². The summed E-state index contributed by atoms with van der Waals surface area (Å²) in [6, 6.07) is 7.29. The highest BCUT2D eigenvalue weighted by atomic mass is 35.5. The van der Waals surface area contributed by atoms with E-state index in [-0.39, 0.29) is 5.91 Å². The number of anilines is 2. The number of nitrogens with one attached hydrogen (secondary N) is 1. The molecule has 0 aliphatic heterocycles. The lowest BCUT2D eigenvalue weighted by molar-refractivity contribution is 0.0787. The van der Waals surface area contributed by atoms with Crippen LogP contribution in [0.25, 0.3) is 0 Å². The first-order valence-corrected chi connectivity index (χ1v) is 8.43. The van der Waals surface area contributed by atoms with Gasteiger partial charge < -0.3 is 10.2 Å². The molecule has 1 aromatic heterocycles. The highest BCUT2D eigenvalue weighted by Crippen LogP contribution is 2.23. The third-order valence-electron chi connectivity index (χ3n) is 3.71. The average Bonchev–Trinajstić information content (AvgIpc) is 2.54. The second-order valence-corrected chi connectivity index (χ2v) is 6.29. The molecule has 0 unspecified atom stereocenters. The van der Waals surface area contributed by atoms with Crippen molar-refractivity contribution >= 4 is 29.0 Å². The number of aryl methyl sites for hydroxylation is 2. The Balaban J connectivity index is 2.25. The summed E-state index contributed by atoms with van der Waals surface area (Å²) in [4.78, 5) is 22.9. The van der Waals surface area contributed by atoms with Gasteiger partial charge in [-0.2, -0.15) is 0 Å². The molecule has 0 spiro atoms. The minimum absolute atomic E-state index is 0.0974. The molecule has 0 atom stereocenters. The normalized spacial score (nSPS) is 10.5. The maximum absolute atomic E-state index is 12.5. The van der Waals surface area contributed by atoms with Gasteiger partial charge >= 0.3 is 0 Å². The van der Waals surface area contributed by atoms with Gasteiger partial charge in [0, 0.05) is 30.4 Å². The average molecular weight is 347 g/mol. The van der Waals surface area contributed by atoms with E-state index < -0.39 is 0 Å². The molecule has 0 saturated carbocycles. The van der Waals surface area contributed by atoms with Gasteiger partial charge in [-0.15, -0.1) is 0 Å². The molecule has 6 heteroatoms. The number of rotatable bonds is 6. The van der Waals surface area contributed by atoms with Crippen LogP contribution < -0.4 is 5.32 Å². The van der Waals surface area contributed by atoms with E-state index in [1.165, 1.54) is 0 Å². The Morgan fingerprint density at radius 3 is 2.71 bits per heavy atom. The number of unbranched alkanes of at least 4 members (excludes halogenated alkanes) is 1. The second kappa shape index (κ2) is 8.11. The van der Waals surface area contributed by atoms with Gasteiger partial charge in [0.15, 0.2) is 0 Å². The van der Waals surface area contributed by atoms with Crippen molar-refractivity contribution in [3.05, 3.63) is 46.4 Å². The zero-order chi connectivity index (χ0) is 17.7. The fourth-order valence-electron chi connectivity index (χ4n) is 2.30. The lowest BCUT2D eigenvalue weighted by Crippen LogP contribution is -2.28. The summed E-state index contributed by atoms with van der Waals surface area (Å²) in [7, 11) is 1.80. The Labute approximate surface area is 148 Å². The fourth-order valence-corrected chi connectivity index (χ4v) is 2.47. The van der Waals surface area contributed by atoms with Crippen LogP contribution in [0.2, 0.25) is 5.02 Å². The van der Waals surface area contributed by atoms with Gasteiger partial charge in [-0.25, -0.2) is 9.97 Å². The molecule has 1 aromatic carbocycles. The van der Waals surface area contributed by atoms with Crippen LogP contribution in [0.1, 0.15) is 41.6 Å². The molecule has 128 valence electrons. The zero-order valence-corrected chi connectivity index (χ0v) is 15.3. The van der Waals surface area contributed by atoms with Gasteiger partial charge in [0.05, 0.1) is 0 Å². The largest absolute Gasteiger partial charge is 0.340 e. The van der Waals surface area contributed by atoms with Gasteiger partial charge in [-0.05, 0) is 38.0 Å². The summed E-state index contributed by atoms with van der Waals surface area (Å²) in [6.45, 7) is 6.58. The molecule has 0 fully saturated rings. The fraction of sp³-hybridized carbons (Fsp3) is 0.389. The molecule has 2 rings (SSSR count). The molecule has 1 heterocycles. The summed E-state index contributed by atoms with van der Waals surface area (Å²) in [5.41, 5.74) is 2.30. The van der Waals surface area contributed by atoms with Crippen molar-refractivity contribution in [2.45, 2.75) is 33.6 Å². The third kappa shape index (κ3) is 4.68. The Bertz CT molecular complexity index is 733. The van der Waals surface area contributed by atoms with Crippen molar-refractivity contribution in [1.82, 2.24) is 14.9 Å². The van der Waals surface area contributed by atoms with E-state index in [0.29, 0.717) is 28.9 Å². The lowest BCUT2D eigenvalue weighted by Gasteiger charge is -2.17. The number of benzene rings is 1. The van der Waals surface area contributed by atoms with E-state index >= 15 is 0 Å². The number of nitrogens with zero attached hydrogens (tertiary/aromatic N) is 3. The monoisotopic (exact) mass is 346 g/mol. The zero-order valence-electron chi connectivity index (χ0n) is 14.6. The van der Waals surface area contributed by atoms with E-state index in [9.17, 15) is 4.79 Å².